The van der Waals surface area contributed by atoms with Gasteiger partial charge in [-0.2, -0.15) is 5.10 Å². The van der Waals surface area contributed by atoms with Crippen molar-refractivity contribution in [3.8, 4) is 0 Å². The highest BCUT2D eigenvalue weighted by molar-refractivity contribution is 5.95. The number of nitrogens with zero attached hydrogens (tertiary/aromatic N) is 5. The van der Waals surface area contributed by atoms with Gasteiger partial charge in [0, 0.05) is 18.3 Å². The minimum Gasteiger partial charge on any atom is -0.328 e. The quantitative estimate of drug-likeness (QED) is 0.697. The van der Waals surface area contributed by atoms with Gasteiger partial charge in [0.15, 0.2) is 0 Å². The number of hydrogen-bond acceptors (Lipinski definition) is 4. The highest BCUT2D eigenvalue weighted by atomic mass is 19.1. The Morgan fingerprint density at radius 3 is 2.78 bits per heavy atom. The normalized spacial score (nSPS) is 13.0. The second-order valence-electron chi connectivity index (χ2n) is 6.69. The average molecular weight is 365 g/mol. The first-order chi connectivity index (χ1) is 13.2. The Kier molecular flexibility index (Phi) is 4.66. The molecule has 0 fully saturated rings. The number of carbonyl (C=O) groups is 1. The summed E-state index contributed by atoms with van der Waals surface area (Å²) in [5.74, 6) is -0.308. The third-order valence-electron chi connectivity index (χ3n) is 4.78. The first-order valence-corrected chi connectivity index (χ1v) is 9.02. The van der Waals surface area contributed by atoms with E-state index >= 15 is 0 Å². The van der Waals surface area contributed by atoms with Crippen molar-refractivity contribution in [2.45, 2.75) is 39.4 Å². The molecule has 1 amide bonds. The van der Waals surface area contributed by atoms with E-state index in [-0.39, 0.29) is 11.7 Å². The Labute approximate surface area is 156 Å². The van der Waals surface area contributed by atoms with E-state index in [0.29, 0.717) is 25.2 Å². The van der Waals surface area contributed by atoms with Crippen LogP contribution in [0.3, 0.4) is 0 Å². The fraction of sp³-hybridized carbons (Fsp3) is 0.300. The molecule has 0 radical (unpaired) electrons. The van der Waals surface area contributed by atoms with Gasteiger partial charge in [-0.1, -0.05) is 25.5 Å². The molecule has 6 nitrogen and oxygen atoms in total. The molecule has 1 aliphatic heterocycles. The van der Waals surface area contributed by atoms with Gasteiger partial charge in [0.05, 0.1) is 36.2 Å². The lowest BCUT2D eigenvalue weighted by atomic mass is 10.1. The van der Waals surface area contributed by atoms with Crippen molar-refractivity contribution in [3.05, 3.63) is 76.9 Å². The molecule has 0 N–H and O–H groups in total. The molecule has 27 heavy (non-hydrogen) atoms. The van der Waals surface area contributed by atoms with E-state index in [1.54, 1.807) is 29.4 Å². The Bertz CT molecular complexity index is 967. The van der Waals surface area contributed by atoms with Crippen molar-refractivity contribution >= 4 is 5.91 Å². The van der Waals surface area contributed by atoms with Crippen molar-refractivity contribution < 1.29 is 9.18 Å². The van der Waals surface area contributed by atoms with Crippen LogP contribution in [0.2, 0.25) is 0 Å². The number of benzene rings is 1. The zero-order chi connectivity index (χ0) is 18.8. The number of carbonyl (C=O) groups excluding carboxylic acids is 1. The number of aryl methyl sites for hydroxylation is 1. The lowest BCUT2D eigenvalue weighted by Gasteiger charge is -2.17. The largest absolute Gasteiger partial charge is 0.328 e. The summed E-state index contributed by atoms with van der Waals surface area (Å²) in [7, 11) is 0. The molecule has 2 aromatic heterocycles. The van der Waals surface area contributed by atoms with Gasteiger partial charge in [-0.25, -0.2) is 14.4 Å². The molecule has 0 bridgehead atoms. The van der Waals surface area contributed by atoms with Crippen LogP contribution in [0.25, 0.3) is 0 Å². The van der Waals surface area contributed by atoms with Crippen molar-refractivity contribution in [2.24, 2.45) is 0 Å². The van der Waals surface area contributed by atoms with E-state index in [4.69, 9.17) is 0 Å². The maximum Gasteiger partial charge on any atom is 0.257 e. The van der Waals surface area contributed by atoms with E-state index in [1.165, 1.54) is 18.5 Å². The number of amides is 1. The number of aromatic nitrogens is 4. The van der Waals surface area contributed by atoms with Crippen LogP contribution in [0, 0.1) is 5.82 Å². The molecule has 0 aliphatic carbocycles. The van der Waals surface area contributed by atoms with Crippen LogP contribution in [0.15, 0.2) is 43.0 Å². The van der Waals surface area contributed by atoms with E-state index in [2.05, 4.69) is 22.0 Å². The van der Waals surface area contributed by atoms with Crippen molar-refractivity contribution in [2.75, 3.05) is 0 Å². The monoisotopic (exact) mass is 365 g/mol. The number of hydrogen-bond donors (Lipinski definition) is 0. The number of fused-ring (bicyclic) bond motifs is 1. The van der Waals surface area contributed by atoms with Gasteiger partial charge < -0.3 is 4.90 Å². The molecule has 3 aromatic rings. The summed E-state index contributed by atoms with van der Waals surface area (Å²) in [6.07, 6.45) is 6.57. The van der Waals surface area contributed by atoms with E-state index in [1.807, 2.05) is 4.68 Å². The second-order valence-corrected chi connectivity index (χ2v) is 6.69. The van der Waals surface area contributed by atoms with Crippen LogP contribution < -0.4 is 0 Å². The van der Waals surface area contributed by atoms with Gasteiger partial charge in [0.1, 0.15) is 12.1 Å². The second kappa shape index (κ2) is 7.26. The average Bonchev–Trinajstić information content (AvgIpc) is 3.26. The predicted octanol–water partition coefficient (Wildman–Crippen LogP) is 2.97. The maximum absolute atomic E-state index is 13.1. The molecule has 0 saturated carbocycles. The molecule has 3 heterocycles. The van der Waals surface area contributed by atoms with Crippen LogP contribution in [0.1, 0.15) is 46.2 Å². The third kappa shape index (κ3) is 3.45. The zero-order valence-electron chi connectivity index (χ0n) is 15.1. The van der Waals surface area contributed by atoms with Crippen molar-refractivity contribution in [1.82, 2.24) is 24.6 Å². The first kappa shape index (κ1) is 17.3. The summed E-state index contributed by atoms with van der Waals surface area (Å²) in [6, 6.07) is 6.39. The number of rotatable bonds is 5. The van der Waals surface area contributed by atoms with Crippen molar-refractivity contribution in [1.29, 1.82) is 0 Å². The van der Waals surface area contributed by atoms with Gasteiger partial charge >= 0.3 is 0 Å². The highest BCUT2D eigenvalue weighted by Gasteiger charge is 2.29. The Morgan fingerprint density at radius 2 is 2.00 bits per heavy atom. The van der Waals surface area contributed by atoms with Gasteiger partial charge in [-0.05, 0) is 24.1 Å². The molecule has 1 aliphatic rings. The molecular weight excluding hydrogens is 345 g/mol. The Hall–Kier alpha value is -3.09. The zero-order valence-corrected chi connectivity index (χ0v) is 15.1. The lowest BCUT2D eigenvalue weighted by molar-refractivity contribution is 0.0746. The van der Waals surface area contributed by atoms with Crippen LogP contribution in [-0.4, -0.2) is 30.6 Å². The fourth-order valence-electron chi connectivity index (χ4n) is 3.39. The molecular formula is C20H20FN5O. The fourth-order valence-corrected chi connectivity index (χ4v) is 3.39. The summed E-state index contributed by atoms with van der Waals surface area (Å²) < 4.78 is 15.0. The standard InChI is InChI=1S/C20H20FN5O/c1-2-3-18-17(9-22-13-23-18)20(27)25-11-15-8-24-26(19(15)12-25)10-14-4-6-16(21)7-5-14/h4-9,13H,2-3,10-12H2,1H3. The van der Waals surface area contributed by atoms with E-state index < -0.39 is 0 Å². The molecule has 4 rings (SSSR count). The summed E-state index contributed by atoms with van der Waals surface area (Å²) in [6.45, 7) is 3.63. The minimum absolute atomic E-state index is 0.0522. The Balaban J connectivity index is 1.52. The van der Waals surface area contributed by atoms with Gasteiger partial charge in [-0.3, -0.25) is 9.48 Å². The molecule has 0 saturated heterocycles. The summed E-state index contributed by atoms with van der Waals surface area (Å²) in [4.78, 5) is 23.1. The van der Waals surface area contributed by atoms with Crippen LogP contribution in [0.4, 0.5) is 4.39 Å². The summed E-state index contributed by atoms with van der Waals surface area (Å²) in [5.41, 5.74) is 4.39. The van der Waals surface area contributed by atoms with Crippen LogP contribution in [-0.2, 0) is 26.1 Å². The van der Waals surface area contributed by atoms with E-state index in [0.717, 1.165) is 35.4 Å². The lowest BCUT2D eigenvalue weighted by Crippen LogP contribution is -2.27. The maximum atomic E-state index is 13.1. The van der Waals surface area contributed by atoms with Crippen LogP contribution >= 0.6 is 0 Å². The Morgan fingerprint density at radius 1 is 1.19 bits per heavy atom. The summed E-state index contributed by atoms with van der Waals surface area (Å²) >= 11 is 0. The SMILES string of the molecule is CCCc1ncncc1C(=O)N1Cc2cnn(Cc3ccc(F)cc3)c2C1. The molecule has 1 aromatic carbocycles. The van der Waals surface area contributed by atoms with Gasteiger partial charge in [-0.15, -0.1) is 0 Å². The third-order valence-corrected chi connectivity index (χ3v) is 4.78. The topological polar surface area (TPSA) is 63.9 Å². The molecule has 7 heteroatoms. The molecule has 0 spiro atoms. The van der Waals surface area contributed by atoms with Gasteiger partial charge in [0.25, 0.3) is 5.91 Å². The van der Waals surface area contributed by atoms with Crippen molar-refractivity contribution in [3.63, 3.8) is 0 Å². The van der Waals surface area contributed by atoms with E-state index in [9.17, 15) is 9.18 Å². The molecule has 0 unspecified atom stereocenters. The van der Waals surface area contributed by atoms with Gasteiger partial charge in [0.2, 0.25) is 0 Å². The smallest absolute Gasteiger partial charge is 0.257 e. The highest BCUT2D eigenvalue weighted by Crippen LogP contribution is 2.25. The first-order valence-electron chi connectivity index (χ1n) is 9.02. The molecule has 138 valence electrons. The predicted molar refractivity (Wildman–Crippen MR) is 97.3 cm³/mol. The number of halogens is 1. The minimum atomic E-state index is -0.255. The molecule has 0 atom stereocenters. The summed E-state index contributed by atoms with van der Waals surface area (Å²) in [5, 5.41) is 4.43. The van der Waals surface area contributed by atoms with Crippen LogP contribution in [0.5, 0.6) is 0 Å².